The van der Waals surface area contributed by atoms with E-state index in [0.717, 1.165) is 16.9 Å². The molecule has 0 saturated carbocycles. The first-order chi connectivity index (χ1) is 9.35. The summed E-state index contributed by atoms with van der Waals surface area (Å²) in [5, 5.41) is 2.74. The SMILES string of the molecule is Cc1cccn2cc(CCNC(=O)OC(C)(C)C)nc12. The van der Waals surface area contributed by atoms with Crippen molar-refractivity contribution < 1.29 is 9.53 Å². The summed E-state index contributed by atoms with van der Waals surface area (Å²) in [5.74, 6) is 0. The largest absolute Gasteiger partial charge is 0.444 e. The van der Waals surface area contributed by atoms with Crippen LogP contribution >= 0.6 is 0 Å². The summed E-state index contributed by atoms with van der Waals surface area (Å²) in [7, 11) is 0. The van der Waals surface area contributed by atoms with E-state index in [2.05, 4.69) is 10.3 Å². The molecule has 0 radical (unpaired) electrons. The Morgan fingerprint density at radius 2 is 2.20 bits per heavy atom. The molecule has 2 heterocycles. The molecule has 0 aliphatic rings. The van der Waals surface area contributed by atoms with Crippen molar-refractivity contribution >= 4 is 11.7 Å². The van der Waals surface area contributed by atoms with Gasteiger partial charge < -0.3 is 14.5 Å². The molecule has 0 aliphatic carbocycles. The molecule has 0 aliphatic heterocycles. The fraction of sp³-hybridized carbons (Fsp3) is 0.467. The van der Waals surface area contributed by atoms with E-state index in [1.54, 1.807) is 0 Å². The number of nitrogens with one attached hydrogen (secondary N) is 1. The summed E-state index contributed by atoms with van der Waals surface area (Å²) in [6, 6.07) is 4.03. The van der Waals surface area contributed by atoms with Crippen molar-refractivity contribution in [3.05, 3.63) is 35.8 Å². The molecule has 0 aromatic carbocycles. The van der Waals surface area contributed by atoms with Crippen LogP contribution in [0.4, 0.5) is 4.79 Å². The summed E-state index contributed by atoms with van der Waals surface area (Å²) in [4.78, 5) is 16.1. The quantitative estimate of drug-likeness (QED) is 0.937. The predicted octanol–water partition coefficient (Wildman–Crippen LogP) is 2.71. The second kappa shape index (κ2) is 5.53. The minimum atomic E-state index is -0.468. The molecule has 0 fully saturated rings. The van der Waals surface area contributed by atoms with Gasteiger partial charge in [0.2, 0.25) is 0 Å². The van der Waals surface area contributed by atoms with Crippen molar-refractivity contribution in [3.63, 3.8) is 0 Å². The van der Waals surface area contributed by atoms with E-state index in [1.807, 2.05) is 56.6 Å². The van der Waals surface area contributed by atoms with Gasteiger partial charge in [-0.2, -0.15) is 0 Å². The lowest BCUT2D eigenvalue weighted by atomic mass is 10.2. The molecule has 0 bridgehead atoms. The number of aryl methyl sites for hydroxylation is 1. The number of imidazole rings is 1. The zero-order valence-electron chi connectivity index (χ0n) is 12.4. The summed E-state index contributed by atoms with van der Waals surface area (Å²) >= 11 is 0. The van der Waals surface area contributed by atoms with Crippen molar-refractivity contribution in [2.24, 2.45) is 0 Å². The van der Waals surface area contributed by atoms with E-state index < -0.39 is 11.7 Å². The Morgan fingerprint density at radius 1 is 1.45 bits per heavy atom. The summed E-state index contributed by atoms with van der Waals surface area (Å²) < 4.78 is 7.18. The number of amides is 1. The topological polar surface area (TPSA) is 55.6 Å². The van der Waals surface area contributed by atoms with Crippen molar-refractivity contribution in [2.45, 2.75) is 39.7 Å². The van der Waals surface area contributed by atoms with Crippen LogP contribution in [0.1, 0.15) is 32.0 Å². The zero-order chi connectivity index (χ0) is 14.8. The van der Waals surface area contributed by atoms with Gasteiger partial charge in [0.1, 0.15) is 11.2 Å². The maximum atomic E-state index is 11.5. The molecule has 0 spiro atoms. The number of carbonyl (C=O) groups is 1. The lowest BCUT2D eigenvalue weighted by Crippen LogP contribution is -2.33. The van der Waals surface area contributed by atoms with E-state index in [0.29, 0.717) is 13.0 Å². The lowest BCUT2D eigenvalue weighted by Gasteiger charge is -2.19. The van der Waals surface area contributed by atoms with Crippen LogP contribution in [0, 0.1) is 6.92 Å². The zero-order valence-corrected chi connectivity index (χ0v) is 12.4. The molecule has 2 aromatic heterocycles. The van der Waals surface area contributed by atoms with Gasteiger partial charge >= 0.3 is 6.09 Å². The van der Waals surface area contributed by atoms with Crippen LogP contribution in [-0.2, 0) is 11.2 Å². The third-order valence-corrected chi connectivity index (χ3v) is 2.78. The summed E-state index contributed by atoms with van der Waals surface area (Å²) in [6.07, 6.45) is 4.25. The van der Waals surface area contributed by atoms with E-state index in [-0.39, 0.29) is 0 Å². The number of aromatic nitrogens is 2. The molecule has 1 N–H and O–H groups in total. The third-order valence-electron chi connectivity index (χ3n) is 2.78. The molecule has 108 valence electrons. The molecule has 5 heteroatoms. The molecule has 5 nitrogen and oxygen atoms in total. The highest BCUT2D eigenvalue weighted by molar-refractivity contribution is 5.67. The number of hydrogen-bond acceptors (Lipinski definition) is 3. The Kier molecular flexibility index (Phi) is 3.97. The fourth-order valence-corrected chi connectivity index (χ4v) is 1.93. The van der Waals surface area contributed by atoms with Gasteiger partial charge in [0.15, 0.2) is 0 Å². The molecule has 0 atom stereocenters. The first-order valence-electron chi connectivity index (χ1n) is 6.75. The number of hydrogen-bond donors (Lipinski definition) is 1. The Morgan fingerprint density at radius 3 is 2.85 bits per heavy atom. The second-order valence-corrected chi connectivity index (χ2v) is 5.83. The van der Waals surface area contributed by atoms with Gasteiger partial charge in [0.05, 0.1) is 5.69 Å². The van der Waals surface area contributed by atoms with Gasteiger partial charge in [-0.05, 0) is 39.3 Å². The van der Waals surface area contributed by atoms with Crippen LogP contribution in [0.15, 0.2) is 24.5 Å². The average molecular weight is 275 g/mol. The molecular formula is C15H21N3O2. The Labute approximate surface area is 119 Å². The number of pyridine rings is 1. The van der Waals surface area contributed by atoms with Gasteiger partial charge in [-0.3, -0.25) is 0 Å². The average Bonchev–Trinajstić information content (AvgIpc) is 2.71. The molecule has 2 rings (SSSR count). The number of ether oxygens (including phenoxy) is 1. The first-order valence-corrected chi connectivity index (χ1v) is 6.75. The smallest absolute Gasteiger partial charge is 0.407 e. The monoisotopic (exact) mass is 275 g/mol. The molecular weight excluding hydrogens is 254 g/mol. The third kappa shape index (κ3) is 3.73. The minimum absolute atomic E-state index is 0.391. The highest BCUT2D eigenvalue weighted by Gasteiger charge is 2.15. The molecule has 0 saturated heterocycles. The Bertz CT molecular complexity index is 611. The van der Waals surface area contributed by atoms with Crippen molar-refractivity contribution in [1.82, 2.24) is 14.7 Å². The van der Waals surface area contributed by atoms with Crippen molar-refractivity contribution in [3.8, 4) is 0 Å². The van der Waals surface area contributed by atoms with Gasteiger partial charge in [-0.25, -0.2) is 9.78 Å². The number of alkyl carbamates (subject to hydrolysis) is 1. The van der Waals surface area contributed by atoms with Crippen LogP contribution in [0.25, 0.3) is 5.65 Å². The highest BCUT2D eigenvalue weighted by atomic mass is 16.6. The van der Waals surface area contributed by atoms with Gasteiger partial charge in [-0.1, -0.05) is 6.07 Å². The first kappa shape index (κ1) is 14.4. The summed E-state index contributed by atoms with van der Waals surface area (Å²) in [5.41, 5.74) is 2.58. The summed E-state index contributed by atoms with van der Waals surface area (Å²) in [6.45, 7) is 8.08. The van der Waals surface area contributed by atoms with E-state index in [1.165, 1.54) is 0 Å². The van der Waals surface area contributed by atoms with E-state index in [9.17, 15) is 4.79 Å². The van der Waals surface area contributed by atoms with Crippen LogP contribution in [0.2, 0.25) is 0 Å². The normalized spacial score (nSPS) is 11.6. The molecule has 1 amide bonds. The van der Waals surface area contributed by atoms with Crippen molar-refractivity contribution in [1.29, 1.82) is 0 Å². The number of carbonyl (C=O) groups excluding carboxylic acids is 1. The van der Waals surface area contributed by atoms with Crippen LogP contribution in [-0.4, -0.2) is 27.6 Å². The molecule has 20 heavy (non-hydrogen) atoms. The standard InChI is InChI=1S/C15H21N3O2/c1-11-6-5-9-18-10-12(17-13(11)18)7-8-16-14(19)20-15(2,3)4/h5-6,9-10H,7-8H2,1-4H3,(H,16,19). The second-order valence-electron chi connectivity index (χ2n) is 5.83. The molecule has 0 unspecified atom stereocenters. The van der Waals surface area contributed by atoms with Crippen LogP contribution in [0.3, 0.4) is 0 Å². The highest BCUT2D eigenvalue weighted by Crippen LogP contribution is 2.10. The Hall–Kier alpha value is -2.04. The number of nitrogens with zero attached hydrogens (tertiary/aromatic N) is 2. The van der Waals surface area contributed by atoms with Gasteiger partial charge in [-0.15, -0.1) is 0 Å². The maximum absolute atomic E-state index is 11.5. The fourth-order valence-electron chi connectivity index (χ4n) is 1.93. The van der Waals surface area contributed by atoms with Crippen molar-refractivity contribution in [2.75, 3.05) is 6.54 Å². The predicted molar refractivity (Wildman–Crippen MR) is 77.9 cm³/mol. The Balaban J connectivity index is 1.90. The maximum Gasteiger partial charge on any atom is 0.407 e. The van der Waals surface area contributed by atoms with Crippen LogP contribution in [0.5, 0.6) is 0 Å². The lowest BCUT2D eigenvalue weighted by molar-refractivity contribution is 0.0528. The van der Waals surface area contributed by atoms with Gasteiger partial charge in [0, 0.05) is 25.4 Å². The number of rotatable bonds is 3. The van der Waals surface area contributed by atoms with Crippen LogP contribution < -0.4 is 5.32 Å². The minimum Gasteiger partial charge on any atom is -0.444 e. The van der Waals surface area contributed by atoms with E-state index >= 15 is 0 Å². The van der Waals surface area contributed by atoms with Gasteiger partial charge in [0.25, 0.3) is 0 Å². The number of fused-ring (bicyclic) bond motifs is 1. The van der Waals surface area contributed by atoms with E-state index in [4.69, 9.17) is 4.74 Å². The molecule has 2 aromatic rings.